The van der Waals surface area contributed by atoms with Crippen LogP contribution < -0.4 is 10.1 Å². The van der Waals surface area contributed by atoms with E-state index >= 15 is 0 Å². The van der Waals surface area contributed by atoms with Crippen molar-refractivity contribution >= 4 is 45.0 Å². The van der Waals surface area contributed by atoms with Gasteiger partial charge in [-0.2, -0.15) is 0 Å². The van der Waals surface area contributed by atoms with Gasteiger partial charge in [0.25, 0.3) is 0 Å². The minimum Gasteiger partial charge on any atom is -0.495 e. The topological polar surface area (TPSA) is 99.6 Å². The molecule has 3 rings (SSSR count). The van der Waals surface area contributed by atoms with E-state index in [1.807, 2.05) is 32.0 Å². The minimum atomic E-state index is -0.452. The van der Waals surface area contributed by atoms with Gasteiger partial charge in [-0.15, -0.1) is 11.3 Å². The number of aromatic nitrogens is 2. The van der Waals surface area contributed by atoms with Gasteiger partial charge in [-0.05, 0) is 44.0 Å². The molecule has 0 unspecified atom stereocenters. The summed E-state index contributed by atoms with van der Waals surface area (Å²) in [6.45, 7) is 5.83. The fourth-order valence-electron chi connectivity index (χ4n) is 2.99. The van der Waals surface area contributed by atoms with Crippen LogP contribution in [0, 0.1) is 13.8 Å². The summed E-state index contributed by atoms with van der Waals surface area (Å²) in [4.78, 5) is 34.2. The van der Waals surface area contributed by atoms with Crippen LogP contribution in [-0.2, 0) is 20.7 Å². The molecule has 2 aromatic heterocycles. The van der Waals surface area contributed by atoms with Crippen LogP contribution in [0.3, 0.4) is 0 Å². The Hall–Kier alpha value is -3.20. The molecule has 0 aliphatic heterocycles. The molecule has 0 fully saturated rings. The summed E-state index contributed by atoms with van der Waals surface area (Å²) < 4.78 is 15.4. The quantitative estimate of drug-likeness (QED) is 0.564. The number of anilines is 2. The number of ether oxygens (including phenoxy) is 3. The number of esters is 2. The highest BCUT2D eigenvalue weighted by Crippen LogP contribution is 2.37. The van der Waals surface area contributed by atoms with Crippen molar-refractivity contribution in [2.75, 3.05) is 26.1 Å². The van der Waals surface area contributed by atoms with Gasteiger partial charge in [-0.1, -0.05) is 6.07 Å². The predicted molar refractivity (Wildman–Crippen MR) is 115 cm³/mol. The maximum atomic E-state index is 12.4. The third kappa shape index (κ3) is 4.35. The number of rotatable bonds is 7. The number of carbonyl (C=O) groups is 2. The van der Waals surface area contributed by atoms with Crippen LogP contribution in [0.4, 0.5) is 11.5 Å². The summed E-state index contributed by atoms with van der Waals surface area (Å²) in [7, 11) is 2.90. The van der Waals surface area contributed by atoms with E-state index in [1.165, 1.54) is 18.4 Å². The zero-order chi connectivity index (χ0) is 21.8. The van der Waals surface area contributed by atoms with Crippen LogP contribution >= 0.6 is 11.3 Å². The predicted octanol–water partition coefficient (Wildman–Crippen LogP) is 3.95. The van der Waals surface area contributed by atoms with E-state index in [1.54, 1.807) is 14.0 Å². The Morgan fingerprint density at radius 2 is 1.93 bits per heavy atom. The van der Waals surface area contributed by atoms with E-state index in [2.05, 4.69) is 15.3 Å². The van der Waals surface area contributed by atoms with Gasteiger partial charge in [0.2, 0.25) is 0 Å². The lowest BCUT2D eigenvalue weighted by atomic mass is 10.1. The number of hydrogen-bond donors (Lipinski definition) is 1. The van der Waals surface area contributed by atoms with E-state index in [0.717, 1.165) is 5.56 Å². The molecule has 0 aliphatic rings. The van der Waals surface area contributed by atoms with E-state index in [4.69, 9.17) is 14.2 Å². The number of aryl methyl sites for hydroxylation is 2. The highest BCUT2D eigenvalue weighted by molar-refractivity contribution is 7.20. The molecule has 0 radical (unpaired) electrons. The molecule has 8 nitrogen and oxygen atoms in total. The van der Waals surface area contributed by atoms with Crippen molar-refractivity contribution in [3.05, 3.63) is 40.0 Å². The van der Waals surface area contributed by atoms with Gasteiger partial charge in [-0.3, -0.25) is 4.79 Å². The molecule has 30 heavy (non-hydrogen) atoms. The lowest BCUT2D eigenvalue weighted by molar-refractivity contribution is -0.139. The van der Waals surface area contributed by atoms with Crippen LogP contribution in [0.15, 0.2) is 18.2 Å². The highest BCUT2D eigenvalue weighted by atomic mass is 32.1. The van der Waals surface area contributed by atoms with Crippen molar-refractivity contribution in [2.24, 2.45) is 0 Å². The summed E-state index contributed by atoms with van der Waals surface area (Å²) in [6.07, 6.45) is -0.0856. The molecule has 2 heterocycles. The molecule has 0 spiro atoms. The first-order valence-corrected chi connectivity index (χ1v) is 10.1. The number of benzene rings is 1. The van der Waals surface area contributed by atoms with Crippen molar-refractivity contribution in [3.63, 3.8) is 0 Å². The van der Waals surface area contributed by atoms with Gasteiger partial charge < -0.3 is 19.5 Å². The molecule has 0 saturated carbocycles. The summed E-state index contributed by atoms with van der Waals surface area (Å²) >= 11 is 1.21. The molecule has 1 aromatic carbocycles. The Morgan fingerprint density at radius 1 is 1.17 bits per heavy atom. The van der Waals surface area contributed by atoms with Crippen LogP contribution in [-0.4, -0.2) is 42.7 Å². The maximum Gasteiger partial charge on any atom is 0.348 e. The number of thiophene rings is 1. The number of methoxy groups -OCH3 is 2. The first-order valence-electron chi connectivity index (χ1n) is 9.33. The second-order valence-corrected chi connectivity index (χ2v) is 7.53. The van der Waals surface area contributed by atoms with Crippen molar-refractivity contribution in [2.45, 2.75) is 27.2 Å². The van der Waals surface area contributed by atoms with Crippen LogP contribution in [0.1, 0.15) is 33.5 Å². The molecule has 0 aliphatic carbocycles. The third-order valence-corrected chi connectivity index (χ3v) is 5.60. The number of hydrogen-bond acceptors (Lipinski definition) is 9. The minimum absolute atomic E-state index is 0.0856. The van der Waals surface area contributed by atoms with Crippen LogP contribution in [0.5, 0.6) is 5.75 Å². The lowest BCUT2D eigenvalue weighted by Gasteiger charge is -2.13. The normalized spacial score (nSPS) is 10.7. The summed E-state index contributed by atoms with van der Waals surface area (Å²) in [6, 6.07) is 5.73. The lowest BCUT2D eigenvalue weighted by Crippen LogP contribution is -2.09. The maximum absolute atomic E-state index is 12.4. The van der Waals surface area contributed by atoms with Crippen molar-refractivity contribution in [3.8, 4) is 5.75 Å². The average Bonchev–Trinajstić information content (AvgIpc) is 3.05. The van der Waals surface area contributed by atoms with Crippen LogP contribution in [0.2, 0.25) is 0 Å². The molecule has 9 heteroatoms. The molecular weight excluding hydrogens is 406 g/mol. The number of fused-ring (bicyclic) bond motifs is 1. The Kier molecular flexibility index (Phi) is 6.51. The largest absolute Gasteiger partial charge is 0.495 e. The second kappa shape index (κ2) is 9.08. The number of nitrogens with zero attached hydrogens (tertiary/aromatic N) is 2. The number of carbonyl (C=O) groups excluding carboxylic acids is 2. The molecule has 0 amide bonds. The van der Waals surface area contributed by atoms with Crippen molar-refractivity contribution < 1.29 is 23.8 Å². The molecule has 1 N–H and O–H groups in total. The van der Waals surface area contributed by atoms with E-state index < -0.39 is 11.9 Å². The zero-order valence-corrected chi connectivity index (χ0v) is 18.3. The molecular formula is C21H23N3O5S. The summed E-state index contributed by atoms with van der Waals surface area (Å²) in [5.74, 6) is 0.548. The smallest absolute Gasteiger partial charge is 0.348 e. The molecule has 0 bridgehead atoms. The molecule has 0 saturated heterocycles. The third-order valence-electron chi connectivity index (χ3n) is 4.44. The molecule has 3 aromatic rings. The SMILES string of the molecule is CCOC(=O)c1sc2nc(CC(=O)OC)nc(Nc3cc(C)ccc3OC)c2c1C. The van der Waals surface area contributed by atoms with E-state index in [-0.39, 0.29) is 13.0 Å². The fourth-order valence-corrected chi connectivity index (χ4v) is 4.09. The van der Waals surface area contributed by atoms with Crippen molar-refractivity contribution in [1.82, 2.24) is 9.97 Å². The monoisotopic (exact) mass is 429 g/mol. The Labute approximate surface area is 178 Å². The summed E-state index contributed by atoms with van der Waals surface area (Å²) in [5.41, 5.74) is 2.46. The summed E-state index contributed by atoms with van der Waals surface area (Å²) in [5, 5.41) is 3.99. The number of nitrogens with one attached hydrogen (secondary N) is 1. The first-order chi connectivity index (χ1) is 14.4. The fraction of sp³-hybridized carbons (Fsp3) is 0.333. The van der Waals surface area contributed by atoms with Gasteiger partial charge in [0.05, 0.1) is 31.9 Å². The van der Waals surface area contributed by atoms with E-state index in [0.29, 0.717) is 43.7 Å². The van der Waals surface area contributed by atoms with Crippen LogP contribution in [0.25, 0.3) is 10.2 Å². The Bertz CT molecular complexity index is 1110. The highest BCUT2D eigenvalue weighted by Gasteiger charge is 2.22. The first kappa shape index (κ1) is 21.5. The Balaban J connectivity index is 2.18. The standard InChI is InChI=1S/C21H23N3O5S/c1-6-29-21(26)18-12(3)17-19(22-13-9-11(2)7-8-14(13)27-4)23-15(10-16(25)28-5)24-20(17)30-18/h7-9H,6,10H2,1-5H3,(H,22,23,24). The molecule has 158 valence electrons. The van der Waals surface area contributed by atoms with Gasteiger partial charge in [0.15, 0.2) is 0 Å². The van der Waals surface area contributed by atoms with Gasteiger partial charge in [-0.25, -0.2) is 14.8 Å². The van der Waals surface area contributed by atoms with E-state index in [9.17, 15) is 9.59 Å². The van der Waals surface area contributed by atoms with Crippen molar-refractivity contribution in [1.29, 1.82) is 0 Å². The van der Waals surface area contributed by atoms with Gasteiger partial charge in [0.1, 0.15) is 33.5 Å². The van der Waals surface area contributed by atoms with Gasteiger partial charge in [0, 0.05) is 0 Å². The average molecular weight is 429 g/mol. The second-order valence-electron chi connectivity index (χ2n) is 6.53. The molecule has 0 atom stereocenters. The Morgan fingerprint density at radius 3 is 2.60 bits per heavy atom. The van der Waals surface area contributed by atoms with Gasteiger partial charge >= 0.3 is 11.9 Å². The zero-order valence-electron chi connectivity index (χ0n) is 17.5.